The molecule has 0 unspecified atom stereocenters. The second-order valence-electron chi connectivity index (χ2n) is 4.22. The van der Waals surface area contributed by atoms with Crippen LogP contribution < -0.4 is 5.73 Å². The van der Waals surface area contributed by atoms with Gasteiger partial charge in [0.05, 0.1) is 4.88 Å². The van der Waals surface area contributed by atoms with Crippen LogP contribution in [0.2, 0.25) is 0 Å². The van der Waals surface area contributed by atoms with Gasteiger partial charge in [0.25, 0.3) is 0 Å². The number of aromatic nitrogens is 2. The predicted molar refractivity (Wildman–Crippen MR) is 76.3 cm³/mol. The Bertz CT molecular complexity index is 525. The summed E-state index contributed by atoms with van der Waals surface area (Å²) in [6.45, 7) is 6.19. The molecule has 0 atom stereocenters. The fourth-order valence-corrected chi connectivity index (χ4v) is 3.22. The summed E-state index contributed by atoms with van der Waals surface area (Å²) in [6.07, 6.45) is 0. The topological polar surface area (TPSA) is 51.8 Å². The summed E-state index contributed by atoms with van der Waals surface area (Å²) in [6, 6.07) is 2.01. The molecule has 90 valence electrons. The summed E-state index contributed by atoms with van der Waals surface area (Å²) < 4.78 is 1.05. The standard InChI is InChI=1S/C12H14BrN3S/c1-6(2)10-7(3)15-12(16-11(10)14)9-4-8(13)5-17-9/h4-6H,1-3H3,(H2,14,15,16). The average Bonchev–Trinajstić information content (AvgIpc) is 2.63. The van der Waals surface area contributed by atoms with Crippen molar-refractivity contribution in [1.29, 1.82) is 0 Å². The number of hydrogen-bond acceptors (Lipinski definition) is 4. The molecule has 2 heterocycles. The molecule has 0 saturated heterocycles. The first-order valence-corrected chi connectivity index (χ1v) is 7.04. The molecule has 2 aromatic rings. The Hall–Kier alpha value is -0.940. The SMILES string of the molecule is Cc1nc(-c2cc(Br)cs2)nc(N)c1C(C)C. The Kier molecular flexibility index (Phi) is 3.49. The normalized spacial score (nSPS) is 11.1. The Morgan fingerprint density at radius 3 is 2.53 bits per heavy atom. The van der Waals surface area contributed by atoms with Gasteiger partial charge in [-0.05, 0) is 34.8 Å². The lowest BCUT2D eigenvalue weighted by molar-refractivity contribution is 0.836. The third-order valence-electron chi connectivity index (χ3n) is 2.53. The number of thiophene rings is 1. The maximum absolute atomic E-state index is 6.01. The monoisotopic (exact) mass is 311 g/mol. The van der Waals surface area contributed by atoms with E-state index in [0.29, 0.717) is 17.6 Å². The lowest BCUT2D eigenvalue weighted by atomic mass is 10.0. The highest BCUT2D eigenvalue weighted by Crippen LogP contribution is 2.30. The van der Waals surface area contributed by atoms with Gasteiger partial charge in [0, 0.05) is 21.1 Å². The van der Waals surface area contributed by atoms with Crippen LogP contribution in [0.4, 0.5) is 5.82 Å². The minimum absolute atomic E-state index is 0.346. The van der Waals surface area contributed by atoms with Crippen molar-refractivity contribution in [2.75, 3.05) is 5.73 Å². The summed E-state index contributed by atoms with van der Waals surface area (Å²) in [4.78, 5) is 9.96. The number of hydrogen-bond donors (Lipinski definition) is 1. The second-order valence-corrected chi connectivity index (χ2v) is 6.04. The molecule has 0 spiro atoms. The van der Waals surface area contributed by atoms with Gasteiger partial charge in [-0.25, -0.2) is 9.97 Å². The Morgan fingerprint density at radius 2 is 2.06 bits per heavy atom. The van der Waals surface area contributed by atoms with Crippen LogP contribution in [0, 0.1) is 6.92 Å². The zero-order valence-electron chi connectivity index (χ0n) is 9.99. The molecule has 0 radical (unpaired) electrons. The Morgan fingerprint density at radius 1 is 1.35 bits per heavy atom. The van der Waals surface area contributed by atoms with Crippen molar-refractivity contribution in [3.05, 3.63) is 27.2 Å². The Balaban J connectivity index is 2.52. The van der Waals surface area contributed by atoms with E-state index >= 15 is 0 Å². The number of halogens is 1. The van der Waals surface area contributed by atoms with Crippen LogP contribution >= 0.6 is 27.3 Å². The molecular weight excluding hydrogens is 298 g/mol. The van der Waals surface area contributed by atoms with Gasteiger partial charge in [0.15, 0.2) is 5.82 Å². The fraction of sp³-hybridized carbons (Fsp3) is 0.333. The third kappa shape index (κ3) is 2.50. The molecule has 3 nitrogen and oxygen atoms in total. The molecular formula is C12H14BrN3S. The largest absolute Gasteiger partial charge is 0.383 e. The summed E-state index contributed by atoms with van der Waals surface area (Å²) >= 11 is 5.03. The van der Waals surface area contributed by atoms with E-state index < -0.39 is 0 Å². The quantitative estimate of drug-likeness (QED) is 0.912. The number of nitrogens with zero attached hydrogens (tertiary/aromatic N) is 2. The van der Waals surface area contributed by atoms with Crippen LogP contribution in [-0.2, 0) is 0 Å². The molecule has 17 heavy (non-hydrogen) atoms. The van der Waals surface area contributed by atoms with Crippen LogP contribution in [0.1, 0.15) is 31.0 Å². The molecule has 0 saturated carbocycles. The van der Waals surface area contributed by atoms with E-state index in [1.54, 1.807) is 11.3 Å². The molecule has 5 heteroatoms. The predicted octanol–water partition coefficient (Wildman–Crippen LogP) is 3.98. The Labute approximate surface area is 113 Å². The van der Waals surface area contributed by atoms with Crippen molar-refractivity contribution < 1.29 is 0 Å². The average molecular weight is 312 g/mol. The lowest BCUT2D eigenvalue weighted by Crippen LogP contribution is -2.06. The van der Waals surface area contributed by atoms with Crippen molar-refractivity contribution in [3.63, 3.8) is 0 Å². The van der Waals surface area contributed by atoms with E-state index in [9.17, 15) is 0 Å². The molecule has 0 aliphatic heterocycles. The van der Waals surface area contributed by atoms with Gasteiger partial charge in [-0.2, -0.15) is 0 Å². The molecule has 0 bridgehead atoms. The molecule has 0 aromatic carbocycles. The van der Waals surface area contributed by atoms with Gasteiger partial charge in [-0.15, -0.1) is 11.3 Å². The fourth-order valence-electron chi connectivity index (χ4n) is 1.86. The van der Waals surface area contributed by atoms with Crippen LogP contribution in [0.3, 0.4) is 0 Å². The van der Waals surface area contributed by atoms with Crippen molar-refractivity contribution in [2.45, 2.75) is 26.7 Å². The first-order chi connectivity index (χ1) is 7.99. The zero-order chi connectivity index (χ0) is 12.6. The summed E-state index contributed by atoms with van der Waals surface area (Å²) in [5.41, 5.74) is 8.02. The smallest absolute Gasteiger partial charge is 0.171 e. The van der Waals surface area contributed by atoms with Crippen molar-refractivity contribution in [2.24, 2.45) is 0 Å². The maximum Gasteiger partial charge on any atom is 0.171 e. The highest BCUT2D eigenvalue weighted by Gasteiger charge is 2.14. The van der Waals surface area contributed by atoms with Crippen LogP contribution in [0.25, 0.3) is 10.7 Å². The van der Waals surface area contributed by atoms with Gasteiger partial charge in [-0.1, -0.05) is 13.8 Å². The number of rotatable bonds is 2. The van der Waals surface area contributed by atoms with Crippen molar-refractivity contribution in [3.8, 4) is 10.7 Å². The number of nitrogen functional groups attached to an aromatic ring is 1. The highest BCUT2D eigenvalue weighted by molar-refractivity contribution is 9.10. The zero-order valence-corrected chi connectivity index (χ0v) is 12.4. The second kappa shape index (κ2) is 4.74. The first-order valence-electron chi connectivity index (χ1n) is 5.37. The molecule has 2 N–H and O–H groups in total. The third-order valence-corrected chi connectivity index (χ3v) is 4.22. The van der Waals surface area contributed by atoms with Gasteiger partial charge in [0.2, 0.25) is 0 Å². The molecule has 2 aromatic heterocycles. The molecule has 0 aliphatic rings. The van der Waals surface area contributed by atoms with E-state index in [0.717, 1.165) is 20.6 Å². The van der Waals surface area contributed by atoms with E-state index in [4.69, 9.17) is 5.73 Å². The molecule has 2 rings (SSSR count). The van der Waals surface area contributed by atoms with Gasteiger partial charge < -0.3 is 5.73 Å². The molecule has 0 fully saturated rings. The summed E-state index contributed by atoms with van der Waals surface area (Å²) in [5, 5.41) is 2.01. The lowest BCUT2D eigenvalue weighted by Gasteiger charge is -2.12. The van der Waals surface area contributed by atoms with Crippen LogP contribution in [0.5, 0.6) is 0 Å². The number of anilines is 1. The van der Waals surface area contributed by atoms with Gasteiger partial charge >= 0.3 is 0 Å². The van der Waals surface area contributed by atoms with Gasteiger partial charge in [-0.3, -0.25) is 0 Å². The van der Waals surface area contributed by atoms with Crippen molar-refractivity contribution >= 4 is 33.1 Å². The number of aryl methyl sites for hydroxylation is 1. The summed E-state index contributed by atoms with van der Waals surface area (Å²) in [7, 11) is 0. The van der Waals surface area contributed by atoms with Gasteiger partial charge in [0.1, 0.15) is 5.82 Å². The van der Waals surface area contributed by atoms with E-state index in [1.165, 1.54) is 0 Å². The van der Waals surface area contributed by atoms with Crippen molar-refractivity contribution in [1.82, 2.24) is 9.97 Å². The highest BCUT2D eigenvalue weighted by atomic mass is 79.9. The number of nitrogens with two attached hydrogens (primary N) is 1. The van der Waals surface area contributed by atoms with E-state index in [2.05, 4.69) is 39.7 Å². The summed E-state index contributed by atoms with van der Waals surface area (Å²) in [5.74, 6) is 1.64. The first kappa shape index (κ1) is 12.5. The van der Waals surface area contributed by atoms with E-state index in [1.807, 2.05) is 18.4 Å². The van der Waals surface area contributed by atoms with E-state index in [-0.39, 0.29) is 0 Å². The maximum atomic E-state index is 6.01. The minimum atomic E-state index is 0.346. The molecule has 0 aliphatic carbocycles. The van der Waals surface area contributed by atoms with Crippen LogP contribution in [0.15, 0.2) is 15.9 Å². The molecule has 0 amide bonds. The minimum Gasteiger partial charge on any atom is -0.383 e. The van der Waals surface area contributed by atoms with Crippen LogP contribution in [-0.4, -0.2) is 9.97 Å².